The van der Waals surface area contributed by atoms with Gasteiger partial charge in [-0.15, -0.1) is 0 Å². The first-order valence-corrected chi connectivity index (χ1v) is 7.23. The summed E-state index contributed by atoms with van der Waals surface area (Å²) in [6, 6.07) is 0.257. The van der Waals surface area contributed by atoms with Crippen molar-refractivity contribution in [3.63, 3.8) is 0 Å². The molecule has 0 atom stereocenters. The Bertz CT molecular complexity index is 512. The topological polar surface area (TPSA) is 64.0 Å². The molecule has 1 fully saturated rings. The van der Waals surface area contributed by atoms with Crippen molar-refractivity contribution in [1.82, 2.24) is 14.9 Å². The Labute approximate surface area is 123 Å². The number of carbonyl (C=O) groups excluding carboxylic acids is 1. The van der Waals surface area contributed by atoms with Crippen LogP contribution in [0.2, 0.25) is 5.15 Å². The Morgan fingerprint density at radius 2 is 2.22 bits per heavy atom. The Balaban J connectivity index is 2.03. The van der Waals surface area contributed by atoms with Crippen LogP contribution in [0.1, 0.15) is 25.7 Å². The van der Waals surface area contributed by atoms with E-state index in [2.05, 4.69) is 10.3 Å². The molecule has 0 spiro atoms. The van der Waals surface area contributed by atoms with Crippen LogP contribution in [0.25, 0.3) is 0 Å². The van der Waals surface area contributed by atoms with Gasteiger partial charge in [-0.05, 0) is 35.4 Å². The zero-order valence-electron chi connectivity index (χ0n) is 9.66. The fourth-order valence-electron chi connectivity index (χ4n) is 2.05. The largest absolute Gasteiger partial charge is 0.352 e. The Morgan fingerprint density at radius 3 is 2.89 bits per heavy atom. The van der Waals surface area contributed by atoms with Gasteiger partial charge in [0.15, 0.2) is 0 Å². The van der Waals surface area contributed by atoms with Gasteiger partial charge in [0.2, 0.25) is 5.91 Å². The highest BCUT2D eigenvalue weighted by Gasteiger charge is 2.17. The molecule has 0 unspecified atom stereocenters. The number of hydrogen-bond donors (Lipinski definition) is 1. The zero-order chi connectivity index (χ0) is 13.1. The summed E-state index contributed by atoms with van der Waals surface area (Å²) in [4.78, 5) is 27.5. The normalized spacial score (nSPS) is 15.9. The minimum atomic E-state index is -0.280. The highest BCUT2D eigenvalue weighted by molar-refractivity contribution is 14.1. The van der Waals surface area contributed by atoms with Crippen molar-refractivity contribution in [2.45, 2.75) is 38.3 Å². The lowest BCUT2D eigenvalue weighted by Crippen LogP contribution is -2.38. The van der Waals surface area contributed by atoms with Gasteiger partial charge in [-0.2, -0.15) is 0 Å². The lowest BCUT2D eigenvalue weighted by Gasteiger charge is -2.12. The van der Waals surface area contributed by atoms with Gasteiger partial charge in [0.1, 0.15) is 15.3 Å². The molecular formula is C11H13ClIN3O2. The van der Waals surface area contributed by atoms with Crippen LogP contribution in [-0.4, -0.2) is 21.5 Å². The van der Waals surface area contributed by atoms with Crippen LogP contribution >= 0.6 is 34.2 Å². The average molecular weight is 382 g/mol. The third-order valence-corrected chi connectivity index (χ3v) is 4.55. The number of halogens is 2. The van der Waals surface area contributed by atoms with Gasteiger partial charge in [0.05, 0.1) is 6.33 Å². The predicted octanol–water partition coefficient (Wildman–Crippen LogP) is 1.56. The molecule has 1 amide bonds. The van der Waals surface area contributed by atoms with Crippen LogP contribution in [-0.2, 0) is 11.3 Å². The lowest BCUT2D eigenvalue weighted by atomic mass is 10.2. The molecule has 1 N–H and O–H groups in total. The molecule has 5 nitrogen and oxygen atoms in total. The first-order chi connectivity index (χ1) is 8.58. The molecule has 1 aromatic rings. The van der Waals surface area contributed by atoms with E-state index in [0.717, 1.165) is 25.7 Å². The van der Waals surface area contributed by atoms with Crippen molar-refractivity contribution in [3.8, 4) is 0 Å². The van der Waals surface area contributed by atoms with E-state index in [1.165, 1.54) is 10.9 Å². The molecular weight excluding hydrogens is 368 g/mol. The fraction of sp³-hybridized carbons (Fsp3) is 0.545. The van der Waals surface area contributed by atoms with Gasteiger partial charge < -0.3 is 5.32 Å². The standard InChI is InChI=1S/C11H13ClIN3O2/c12-10-9(13)11(18)16(6-14-10)5-8(17)15-7-3-1-2-4-7/h6-7H,1-5H2,(H,15,17). The van der Waals surface area contributed by atoms with E-state index in [1.54, 1.807) is 0 Å². The molecule has 0 radical (unpaired) electrons. The molecule has 0 saturated heterocycles. The van der Waals surface area contributed by atoms with E-state index in [4.69, 9.17) is 11.6 Å². The van der Waals surface area contributed by atoms with E-state index in [-0.39, 0.29) is 29.2 Å². The van der Waals surface area contributed by atoms with Crippen molar-refractivity contribution >= 4 is 40.1 Å². The molecule has 0 aromatic carbocycles. The molecule has 98 valence electrons. The second kappa shape index (κ2) is 6.01. The third-order valence-electron chi connectivity index (χ3n) is 2.97. The summed E-state index contributed by atoms with van der Waals surface area (Å²) < 4.78 is 1.61. The van der Waals surface area contributed by atoms with Crippen LogP contribution in [0.15, 0.2) is 11.1 Å². The van der Waals surface area contributed by atoms with Gasteiger partial charge >= 0.3 is 0 Å². The summed E-state index contributed by atoms with van der Waals surface area (Å²) in [5.74, 6) is -0.149. The van der Waals surface area contributed by atoms with E-state index in [9.17, 15) is 9.59 Å². The van der Waals surface area contributed by atoms with Gasteiger partial charge in [-0.25, -0.2) is 4.98 Å². The van der Waals surface area contributed by atoms with Crippen LogP contribution in [0.4, 0.5) is 0 Å². The third kappa shape index (κ3) is 3.23. The summed E-state index contributed by atoms with van der Waals surface area (Å²) in [5, 5.41) is 3.10. The fourth-order valence-corrected chi connectivity index (χ4v) is 2.63. The van der Waals surface area contributed by atoms with Gasteiger partial charge in [-0.1, -0.05) is 24.4 Å². The average Bonchev–Trinajstić information content (AvgIpc) is 2.83. The second-order valence-electron chi connectivity index (χ2n) is 4.33. The summed E-state index contributed by atoms with van der Waals surface area (Å²) in [5.41, 5.74) is -0.280. The highest BCUT2D eigenvalue weighted by Crippen LogP contribution is 2.17. The molecule has 1 aliphatic rings. The van der Waals surface area contributed by atoms with Gasteiger partial charge in [0.25, 0.3) is 5.56 Å². The van der Waals surface area contributed by atoms with E-state index in [1.807, 2.05) is 22.6 Å². The molecule has 1 saturated carbocycles. The monoisotopic (exact) mass is 381 g/mol. The van der Waals surface area contributed by atoms with Crippen molar-refractivity contribution < 1.29 is 4.79 Å². The van der Waals surface area contributed by atoms with E-state index in [0.29, 0.717) is 3.57 Å². The maximum absolute atomic E-state index is 11.8. The maximum atomic E-state index is 11.8. The molecule has 0 aliphatic heterocycles. The summed E-state index contributed by atoms with van der Waals surface area (Å²) in [6.45, 7) is -0.00446. The number of rotatable bonds is 3. The molecule has 1 aromatic heterocycles. The summed E-state index contributed by atoms with van der Waals surface area (Å²) in [7, 11) is 0. The number of nitrogens with zero attached hydrogens (tertiary/aromatic N) is 2. The number of amides is 1. The quantitative estimate of drug-likeness (QED) is 0.638. The summed E-state index contributed by atoms with van der Waals surface area (Å²) in [6.07, 6.45) is 5.67. The Kier molecular flexibility index (Phi) is 4.60. The molecule has 0 bridgehead atoms. The molecule has 18 heavy (non-hydrogen) atoms. The SMILES string of the molecule is O=C(Cn1cnc(Cl)c(I)c1=O)NC1CCCC1. The van der Waals surface area contributed by atoms with Crippen LogP contribution < -0.4 is 10.9 Å². The summed E-state index contributed by atoms with van der Waals surface area (Å²) >= 11 is 7.56. The van der Waals surface area contributed by atoms with E-state index < -0.39 is 0 Å². The minimum Gasteiger partial charge on any atom is -0.352 e. The highest BCUT2D eigenvalue weighted by atomic mass is 127. The number of hydrogen-bond acceptors (Lipinski definition) is 3. The van der Waals surface area contributed by atoms with Crippen LogP contribution in [0.5, 0.6) is 0 Å². The number of aromatic nitrogens is 2. The van der Waals surface area contributed by atoms with Crippen LogP contribution in [0.3, 0.4) is 0 Å². The molecule has 7 heteroatoms. The van der Waals surface area contributed by atoms with Crippen molar-refractivity contribution in [2.75, 3.05) is 0 Å². The molecule has 1 heterocycles. The minimum absolute atomic E-state index is 0.00446. The van der Waals surface area contributed by atoms with Crippen molar-refractivity contribution in [2.24, 2.45) is 0 Å². The van der Waals surface area contributed by atoms with Crippen LogP contribution in [0, 0.1) is 3.57 Å². The number of nitrogens with one attached hydrogen (secondary N) is 1. The Hall–Kier alpha value is -0.630. The zero-order valence-corrected chi connectivity index (χ0v) is 12.6. The molecule has 1 aliphatic carbocycles. The number of carbonyl (C=O) groups is 1. The van der Waals surface area contributed by atoms with Gasteiger partial charge in [-0.3, -0.25) is 14.2 Å². The van der Waals surface area contributed by atoms with Crippen molar-refractivity contribution in [1.29, 1.82) is 0 Å². The first-order valence-electron chi connectivity index (χ1n) is 5.77. The maximum Gasteiger partial charge on any atom is 0.268 e. The van der Waals surface area contributed by atoms with Gasteiger partial charge in [0, 0.05) is 6.04 Å². The lowest BCUT2D eigenvalue weighted by molar-refractivity contribution is -0.122. The first kappa shape index (κ1) is 13.8. The smallest absolute Gasteiger partial charge is 0.268 e. The van der Waals surface area contributed by atoms with Crippen molar-refractivity contribution in [3.05, 3.63) is 25.4 Å². The second-order valence-corrected chi connectivity index (χ2v) is 5.77. The predicted molar refractivity (Wildman–Crippen MR) is 76.6 cm³/mol. The van der Waals surface area contributed by atoms with E-state index >= 15 is 0 Å². The Morgan fingerprint density at radius 1 is 1.56 bits per heavy atom. The molecule has 2 rings (SSSR count).